The molecule has 100 valence electrons. The molecule has 0 spiro atoms. The Balaban J connectivity index is 2.18. The summed E-state index contributed by atoms with van der Waals surface area (Å²) in [7, 11) is 1.52. The minimum absolute atomic E-state index is 0.0123. The zero-order valence-corrected chi connectivity index (χ0v) is 10.7. The van der Waals surface area contributed by atoms with Gasteiger partial charge in [-0.15, -0.1) is 0 Å². The van der Waals surface area contributed by atoms with E-state index in [2.05, 4.69) is 10.3 Å². The van der Waals surface area contributed by atoms with E-state index in [0.717, 1.165) is 0 Å². The maximum Gasteiger partial charge on any atom is 0.213 e. The minimum atomic E-state index is -0.568. The van der Waals surface area contributed by atoms with Crippen LogP contribution < -0.4 is 10.1 Å². The predicted octanol–water partition coefficient (Wildman–Crippen LogP) is 3.54. The van der Waals surface area contributed by atoms with Crippen molar-refractivity contribution in [1.29, 1.82) is 0 Å². The Hall–Kier alpha value is -2.17. The first kappa shape index (κ1) is 13.3. The van der Waals surface area contributed by atoms with Crippen LogP contribution in [0.15, 0.2) is 36.5 Å². The molecule has 1 aromatic carbocycles. The first-order valence-electron chi connectivity index (χ1n) is 5.82. The van der Waals surface area contributed by atoms with Gasteiger partial charge in [-0.3, -0.25) is 0 Å². The Morgan fingerprint density at radius 2 is 1.84 bits per heavy atom. The van der Waals surface area contributed by atoms with E-state index in [-0.39, 0.29) is 5.56 Å². The molecule has 2 rings (SSSR count). The molecule has 19 heavy (non-hydrogen) atoms. The maximum atomic E-state index is 13.6. The molecule has 0 saturated carbocycles. The second-order valence-electron chi connectivity index (χ2n) is 4.09. The quantitative estimate of drug-likeness (QED) is 0.917. The van der Waals surface area contributed by atoms with Gasteiger partial charge >= 0.3 is 0 Å². The highest BCUT2D eigenvalue weighted by Gasteiger charge is 2.15. The Bertz CT molecular complexity index is 538. The van der Waals surface area contributed by atoms with Crippen LogP contribution in [0.4, 0.5) is 14.5 Å². The number of rotatable bonds is 4. The van der Waals surface area contributed by atoms with Crippen LogP contribution in [0.5, 0.6) is 5.88 Å². The molecule has 2 aromatic rings. The van der Waals surface area contributed by atoms with Crippen LogP contribution in [0.3, 0.4) is 0 Å². The third-order valence-electron chi connectivity index (χ3n) is 2.76. The summed E-state index contributed by atoms with van der Waals surface area (Å²) >= 11 is 0. The van der Waals surface area contributed by atoms with E-state index >= 15 is 0 Å². The Labute approximate surface area is 110 Å². The number of pyridine rings is 1. The lowest BCUT2D eigenvalue weighted by Crippen LogP contribution is -2.11. The van der Waals surface area contributed by atoms with Crippen molar-refractivity contribution in [2.24, 2.45) is 0 Å². The molecule has 0 fully saturated rings. The smallest absolute Gasteiger partial charge is 0.213 e. The van der Waals surface area contributed by atoms with Gasteiger partial charge in [0.1, 0.15) is 11.6 Å². The number of ether oxygens (including phenoxy) is 1. The second-order valence-corrected chi connectivity index (χ2v) is 4.09. The molecule has 1 N–H and O–H groups in total. The Kier molecular flexibility index (Phi) is 3.94. The fourth-order valence-corrected chi connectivity index (χ4v) is 1.83. The van der Waals surface area contributed by atoms with Crippen LogP contribution in [0.2, 0.25) is 0 Å². The SMILES string of the molecule is COc1ccc(NC(C)c2c(F)cccc2F)cn1. The van der Waals surface area contributed by atoms with Gasteiger partial charge in [0.2, 0.25) is 5.88 Å². The number of halogens is 2. The van der Waals surface area contributed by atoms with Crippen LogP contribution in [0.25, 0.3) is 0 Å². The fraction of sp³-hybridized carbons (Fsp3) is 0.214. The molecular formula is C14H14F2N2O. The van der Waals surface area contributed by atoms with Crippen molar-refractivity contribution in [3.63, 3.8) is 0 Å². The van der Waals surface area contributed by atoms with Crippen molar-refractivity contribution in [1.82, 2.24) is 4.98 Å². The lowest BCUT2D eigenvalue weighted by Gasteiger charge is -2.16. The number of benzene rings is 1. The van der Waals surface area contributed by atoms with Gasteiger partial charge in [-0.1, -0.05) is 6.07 Å². The number of anilines is 1. The normalized spacial score (nSPS) is 12.0. The lowest BCUT2D eigenvalue weighted by atomic mass is 10.1. The second kappa shape index (κ2) is 5.65. The van der Waals surface area contributed by atoms with Crippen LogP contribution in [-0.2, 0) is 0 Å². The van der Waals surface area contributed by atoms with Crippen LogP contribution >= 0.6 is 0 Å². The van der Waals surface area contributed by atoms with Crippen molar-refractivity contribution in [2.75, 3.05) is 12.4 Å². The molecule has 5 heteroatoms. The summed E-state index contributed by atoms with van der Waals surface area (Å²) < 4.78 is 32.2. The highest BCUT2D eigenvalue weighted by atomic mass is 19.1. The molecule has 3 nitrogen and oxygen atoms in total. The predicted molar refractivity (Wildman–Crippen MR) is 69.2 cm³/mol. The lowest BCUT2D eigenvalue weighted by molar-refractivity contribution is 0.398. The molecule has 1 atom stereocenters. The van der Waals surface area contributed by atoms with E-state index in [1.54, 1.807) is 25.3 Å². The molecular weight excluding hydrogens is 250 g/mol. The molecule has 1 heterocycles. The number of hydrogen-bond donors (Lipinski definition) is 1. The number of nitrogens with one attached hydrogen (secondary N) is 1. The number of hydrogen-bond acceptors (Lipinski definition) is 3. The topological polar surface area (TPSA) is 34.1 Å². The summed E-state index contributed by atoms with van der Waals surface area (Å²) in [5, 5.41) is 2.99. The average molecular weight is 264 g/mol. The zero-order valence-electron chi connectivity index (χ0n) is 10.7. The molecule has 0 radical (unpaired) electrons. The molecule has 0 saturated heterocycles. The van der Waals surface area contributed by atoms with E-state index in [9.17, 15) is 8.78 Å². The van der Waals surface area contributed by atoms with Crippen molar-refractivity contribution < 1.29 is 13.5 Å². The third kappa shape index (κ3) is 2.99. The van der Waals surface area contributed by atoms with Gasteiger partial charge in [0.25, 0.3) is 0 Å². The van der Waals surface area contributed by atoms with E-state index in [4.69, 9.17) is 4.74 Å². The molecule has 1 unspecified atom stereocenters. The van der Waals surface area contributed by atoms with Crippen molar-refractivity contribution in [3.05, 3.63) is 53.7 Å². The minimum Gasteiger partial charge on any atom is -0.481 e. The van der Waals surface area contributed by atoms with E-state index in [1.165, 1.54) is 25.3 Å². The maximum absolute atomic E-state index is 13.6. The molecule has 0 aliphatic heterocycles. The molecule has 0 bridgehead atoms. The van der Waals surface area contributed by atoms with Gasteiger partial charge in [-0.25, -0.2) is 13.8 Å². The summed E-state index contributed by atoms with van der Waals surface area (Å²) in [6.07, 6.45) is 1.55. The Morgan fingerprint density at radius 3 is 2.37 bits per heavy atom. The average Bonchev–Trinajstić information content (AvgIpc) is 2.39. The highest BCUT2D eigenvalue weighted by molar-refractivity contribution is 5.44. The molecule has 1 aromatic heterocycles. The van der Waals surface area contributed by atoms with Crippen LogP contribution in [0.1, 0.15) is 18.5 Å². The van der Waals surface area contributed by atoms with Crippen LogP contribution in [0, 0.1) is 11.6 Å². The van der Waals surface area contributed by atoms with Gasteiger partial charge in [-0.05, 0) is 25.1 Å². The first-order chi connectivity index (χ1) is 9.11. The van der Waals surface area contributed by atoms with Crippen LogP contribution in [-0.4, -0.2) is 12.1 Å². The summed E-state index contributed by atoms with van der Waals surface area (Å²) in [6.45, 7) is 1.69. The summed E-state index contributed by atoms with van der Waals surface area (Å²) in [5.41, 5.74) is 0.675. The van der Waals surface area contributed by atoms with Crippen molar-refractivity contribution >= 4 is 5.69 Å². The van der Waals surface area contributed by atoms with E-state index in [1.807, 2.05) is 0 Å². The van der Waals surface area contributed by atoms with Crippen molar-refractivity contribution in [3.8, 4) is 5.88 Å². The summed E-state index contributed by atoms with van der Waals surface area (Å²) in [4.78, 5) is 4.02. The largest absolute Gasteiger partial charge is 0.481 e. The van der Waals surface area contributed by atoms with E-state index in [0.29, 0.717) is 11.6 Å². The number of aromatic nitrogens is 1. The van der Waals surface area contributed by atoms with Gasteiger partial charge in [0.05, 0.1) is 25.0 Å². The third-order valence-corrected chi connectivity index (χ3v) is 2.76. The molecule has 0 amide bonds. The Morgan fingerprint density at radius 1 is 1.16 bits per heavy atom. The number of methoxy groups -OCH3 is 1. The zero-order chi connectivity index (χ0) is 13.8. The summed E-state index contributed by atoms with van der Waals surface area (Å²) in [6, 6.07) is 6.73. The van der Waals surface area contributed by atoms with Crippen molar-refractivity contribution in [2.45, 2.75) is 13.0 Å². The monoisotopic (exact) mass is 264 g/mol. The fourth-order valence-electron chi connectivity index (χ4n) is 1.83. The number of nitrogens with zero attached hydrogens (tertiary/aromatic N) is 1. The van der Waals surface area contributed by atoms with E-state index < -0.39 is 17.7 Å². The highest BCUT2D eigenvalue weighted by Crippen LogP contribution is 2.24. The first-order valence-corrected chi connectivity index (χ1v) is 5.82. The molecule has 0 aliphatic carbocycles. The van der Waals surface area contributed by atoms with Gasteiger partial charge in [-0.2, -0.15) is 0 Å². The van der Waals surface area contributed by atoms with Gasteiger partial charge in [0.15, 0.2) is 0 Å². The standard InChI is InChI=1S/C14H14F2N2O/c1-9(14-11(15)4-3-5-12(14)16)18-10-6-7-13(19-2)17-8-10/h3-9,18H,1-2H3. The summed E-state index contributed by atoms with van der Waals surface area (Å²) in [5.74, 6) is -0.654. The van der Waals surface area contributed by atoms with Gasteiger partial charge in [0, 0.05) is 11.6 Å². The van der Waals surface area contributed by atoms with Gasteiger partial charge < -0.3 is 10.1 Å². The molecule has 0 aliphatic rings.